The summed E-state index contributed by atoms with van der Waals surface area (Å²) in [5.41, 5.74) is 0. The third kappa shape index (κ3) is 3.24. The number of benzene rings is 1. The van der Waals surface area contributed by atoms with E-state index < -0.39 is 0 Å². The second-order valence-electron chi connectivity index (χ2n) is 3.33. The molecule has 6 heteroatoms. The molecule has 2 aromatic rings. The zero-order chi connectivity index (χ0) is 13.0. The lowest BCUT2D eigenvalue weighted by Gasteiger charge is -2.08. The topological polar surface area (TPSA) is 44.2 Å². The van der Waals surface area contributed by atoms with Gasteiger partial charge in [-0.15, -0.1) is 10.2 Å². The number of hydrogen-bond acceptors (Lipinski definition) is 4. The SMILES string of the molecule is CCOc1ccc(Oc2cc(Cl)nnc2Cl)cc1. The first-order valence-corrected chi connectivity index (χ1v) is 6.04. The largest absolute Gasteiger partial charge is 0.494 e. The summed E-state index contributed by atoms with van der Waals surface area (Å²) >= 11 is 11.6. The van der Waals surface area contributed by atoms with Crippen LogP contribution < -0.4 is 9.47 Å². The summed E-state index contributed by atoms with van der Waals surface area (Å²) in [5, 5.41) is 7.64. The van der Waals surface area contributed by atoms with Crippen LogP contribution in [0, 0.1) is 0 Å². The summed E-state index contributed by atoms with van der Waals surface area (Å²) in [6.07, 6.45) is 0. The Balaban J connectivity index is 2.15. The van der Waals surface area contributed by atoms with Gasteiger partial charge in [0, 0.05) is 6.07 Å². The molecule has 0 bridgehead atoms. The second-order valence-corrected chi connectivity index (χ2v) is 4.07. The third-order valence-corrected chi connectivity index (χ3v) is 2.50. The van der Waals surface area contributed by atoms with E-state index in [2.05, 4.69) is 10.2 Å². The van der Waals surface area contributed by atoms with Crippen molar-refractivity contribution < 1.29 is 9.47 Å². The van der Waals surface area contributed by atoms with Crippen molar-refractivity contribution in [2.45, 2.75) is 6.92 Å². The van der Waals surface area contributed by atoms with E-state index in [1.807, 2.05) is 19.1 Å². The molecule has 0 saturated carbocycles. The average Bonchev–Trinajstić information content (AvgIpc) is 2.37. The molecule has 0 saturated heterocycles. The van der Waals surface area contributed by atoms with Gasteiger partial charge in [0.2, 0.25) is 0 Å². The Morgan fingerprint density at radius 1 is 1.06 bits per heavy atom. The predicted octanol–water partition coefficient (Wildman–Crippen LogP) is 3.97. The van der Waals surface area contributed by atoms with E-state index in [1.54, 1.807) is 12.1 Å². The van der Waals surface area contributed by atoms with Crippen molar-refractivity contribution in [3.63, 3.8) is 0 Å². The van der Waals surface area contributed by atoms with Gasteiger partial charge in [0.1, 0.15) is 11.5 Å². The van der Waals surface area contributed by atoms with Crippen LogP contribution in [0.2, 0.25) is 10.3 Å². The van der Waals surface area contributed by atoms with E-state index in [0.29, 0.717) is 18.1 Å². The first kappa shape index (κ1) is 12.9. The van der Waals surface area contributed by atoms with Crippen LogP contribution in [-0.2, 0) is 0 Å². The molecule has 0 aliphatic rings. The smallest absolute Gasteiger partial charge is 0.194 e. The van der Waals surface area contributed by atoms with Crippen molar-refractivity contribution in [2.24, 2.45) is 0 Å². The summed E-state index contributed by atoms with van der Waals surface area (Å²) in [5.74, 6) is 1.76. The minimum absolute atomic E-state index is 0.160. The fourth-order valence-corrected chi connectivity index (χ4v) is 1.57. The maximum atomic E-state index is 5.85. The molecule has 0 amide bonds. The molecular formula is C12H10Cl2N2O2. The maximum absolute atomic E-state index is 5.85. The van der Waals surface area contributed by atoms with Gasteiger partial charge in [0.15, 0.2) is 16.1 Å². The molecule has 0 unspecified atom stereocenters. The summed E-state index contributed by atoms with van der Waals surface area (Å²) in [6.45, 7) is 2.55. The van der Waals surface area contributed by atoms with Gasteiger partial charge in [-0.3, -0.25) is 0 Å². The van der Waals surface area contributed by atoms with E-state index in [0.717, 1.165) is 5.75 Å². The zero-order valence-corrected chi connectivity index (χ0v) is 11.1. The van der Waals surface area contributed by atoms with Gasteiger partial charge in [-0.05, 0) is 31.2 Å². The molecule has 4 nitrogen and oxygen atoms in total. The highest BCUT2D eigenvalue weighted by Crippen LogP contribution is 2.29. The van der Waals surface area contributed by atoms with E-state index in [4.69, 9.17) is 32.7 Å². The Bertz CT molecular complexity index is 532. The lowest BCUT2D eigenvalue weighted by atomic mass is 10.3. The fraction of sp³-hybridized carbons (Fsp3) is 0.167. The molecule has 0 radical (unpaired) electrons. The van der Waals surface area contributed by atoms with Crippen LogP contribution in [0.25, 0.3) is 0 Å². The predicted molar refractivity (Wildman–Crippen MR) is 69.7 cm³/mol. The van der Waals surface area contributed by atoms with Crippen LogP contribution in [0.5, 0.6) is 17.2 Å². The molecule has 18 heavy (non-hydrogen) atoms. The molecule has 1 aromatic heterocycles. The Morgan fingerprint density at radius 2 is 1.72 bits per heavy atom. The summed E-state index contributed by atoms with van der Waals surface area (Å²) in [4.78, 5) is 0. The van der Waals surface area contributed by atoms with E-state index in [-0.39, 0.29) is 10.3 Å². The molecule has 0 aliphatic carbocycles. The maximum Gasteiger partial charge on any atom is 0.194 e. The Labute approximate surface area is 114 Å². The molecule has 1 aromatic carbocycles. The summed E-state index contributed by atoms with van der Waals surface area (Å²) in [7, 11) is 0. The molecular weight excluding hydrogens is 275 g/mol. The first-order valence-electron chi connectivity index (χ1n) is 5.28. The molecule has 0 spiro atoms. The van der Waals surface area contributed by atoms with Crippen molar-refractivity contribution in [2.75, 3.05) is 6.61 Å². The molecule has 0 atom stereocenters. The van der Waals surface area contributed by atoms with Crippen LogP contribution in [0.4, 0.5) is 0 Å². The average molecular weight is 285 g/mol. The van der Waals surface area contributed by atoms with Gasteiger partial charge in [-0.1, -0.05) is 23.2 Å². The summed E-state index contributed by atoms with van der Waals surface area (Å²) in [6, 6.07) is 8.67. The molecule has 0 aliphatic heterocycles. The summed E-state index contributed by atoms with van der Waals surface area (Å²) < 4.78 is 10.9. The molecule has 1 heterocycles. The minimum Gasteiger partial charge on any atom is -0.494 e. The van der Waals surface area contributed by atoms with Gasteiger partial charge < -0.3 is 9.47 Å². The van der Waals surface area contributed by atoms with Crippen LogP contribution in [0.15, 0.2) is 30.3 Å². The minimum atomic E-state index is 0.160. The van der Waals surface area contributed by atoms with Gasteiger partial charge in [0.25, 0.3) is 0 Å². The van der Waals surface area contributed by atoms with Crippen molar-refractivity contribution in [3.05, 3.63) is 40.6 Å². The Morgan fingerprint density at radius 3 is 2.39 bits per heavy atom. The quantitative estimate of drug-likeness (QED) is 0.852. The number of halogens is 2. The van der Waals surface area contributed by atoms with Gasteiger partial charge in [-0.2, -0.15) is 0 Å². The second kappa shape index (κ2) is 5.89. The fourth-order valence-electron chi connectivity index (χ4n) is 1.31. The van der Waals surface area contributed by atoms with Crippen LogP contribution in [0.3, 0.4) is 0 Å². The van der Waals surface area contributed by atoms with E-state index in [9.17, 15) is 0 Å². The number of nitrogens with zero attached hydrogens (tertiary/aromatic N) is 2. The molecule has 0 fully saturated rings. The number of hydrogen-bond donors (Lipinski definition) is 0. The number of ether oxygens (including phenoxy) is 2. The first-order chi connectivity index (χ1) is 8.69. The number of aromatic nitrogens is 2. The Hall–Kier alpha value is -1.52. The molecule has 0 N–H and O–H groups in total. The zero-order valence-electron chi connectivity index (χ0n) is 9.56. The normalized spacial score (nSPS) is 10.2. The van der Waals surface area contributed by atoms with E-state index >= 15 is 0 Å². The van der Waals surface area contributed by atoms with Crippen molar-refractivity contribution >= 4 is 23.2 Å². The standard InChI is InChI=1S/C12H10Cl2N2O2/c1-2-17-8-3-5-9(6-4-8)18-10-7-11(13)15-16-12(10)14/h3-7H,2H2,1H3. The van der Waals surface area contributed by atoms with Crippen LogP contribution in [0.1, 0.15) is 6.92 Å². The lowest BCUT2D eigenvalue weighted by molar-refractivity contribution is 0.339. The lowest BCUT2D eigenvalue weighted by Crippen LogP contribution is -1.92. The Kier molecular flexibility index (Phi) is 4.23. The van der Waals surface area contributed by atoms with Crippen molar-refractivity contribution in [1.29, 1.82) is 0 Å². The molecule has 2 rings (SSSR count). The highest BCUT2D eigenvalue weighted by molar-refractivity contribution is 6.32. The molecule has 94 valence electrons. The number of rotatable bonds is 4. The van der Waals surface area contributed by atoms with Gasteiger partial charge >= 0.3 is 0 Å². The monoisotopic (exact) mass is 284 g/mol. The van der Waals surface area contributed by atoms with Gasteiger partial charge in [-0.25, -0.2) is 0 Å². The van der Waals surface area contributed by atoms with Gasteiger partial charge in [0.05, 0.1) is 6.61 Å². The van der Waals surface area contributed by atoms with Crippen LogP contribution >= 0.6 is 23.2 Å². The van der Waals surface area contributed by atoms with Crippen molar-refractivity contribution in [1.82, 2.24) is 10.2 Å². The highest BCUT2D eigenvalue weighted by Gasteiger charge is 2.06. The van der Waals surface area contributed by atoms with Crippen LogP contribution in [-0.4, -0.2) is 16.8 Å². The van der Waals surface area contributed by atoms with E-state index in [1.165, 1.54) is 6.07 Å². The highest BCUT2D eigenvalue weighted by atomic mass is 35.5. The third-order valence-electron chi connectivity index (χ3n) is 2.05. The van der Waals surface area contributed by atoms with Crippen molar-refractivity contribution in [3.8, 4) is 17.2 Å².